The molecule has 0 spiro atoms. The molecule has 0 radical (unpaired) electrons. The molecule has 0 aromatic heterocycles. The first kappa shape index (κ1) is 18.9. The fourth-order valence-electron chi connectivity index (χ4n) is 3.58. The van der Waals surface area contributed by atoms with Crippen LogP contribution >= 0.6 is 0 Å². The third kappa shape index (κ3) is 5.32. The summed E-state index contributed by atoms with van der Waals surface area (Å²) in [5, 5.41) is 0. The predicted molar refractivity (Wildman–Crippen MR) is 105 cm³/mol. The lowest BCUT2D eigenvalue weighted by molar-refractivity contribution is 0.282. The number of anilines is 1. The Morgan fingerprint density at radius 3 is 2.46 bits per heavy atom. The van der Waals surface area contributed by atoms with Gasteiger partial charge in [0.2, 0.25) is 0 Å². The lowest BCUT2D eigenvalue weighted by Crippen LogP contribution is -2.51. The lowest BCUT2D eigenvalue weighted by atomic mass is 10.2. The molecular weight excluding hydrogens is 331 g/mol. The largest absolute Gasteiger partial charge is 0.370 e. The number of hydrogen-bond acceptors (Lipinski definition) is 4. The van der Waals surface area contributed by atoms with Gasteiger partial charge in [-0.25, -0.2) is 4.39 Å². The van der Waals surface area contributed by atoms with Crippen LogP contribution in [0.4, 0.5) is 10.1 Å². The maximum atomic E-state index is 13.1. The SMILES string of the molecule is CN1CCCN(CCN=C(N)N2CCN(c3ccc(F)cc3)CC2)CC1. The van der Waals surface area contributed by atoms with Crippen LogP contribution in [0.1, 0.15) is 6.42 Å². The van der Waals surface area contributed by atoms with Crippen molar-refractivity contribution in [3.63, 3.8) is 0 Å². The van der Waals surface area contributed by atoms with E-state index in [-0.39, 0.29) is 5.82 Å². The second-order valence-corrected chi connectivity index (χ2v) is 7.19. The van der Waals surface area contributed by atoms with Crippen molar-refractivity contribution in [2.45, 2.75) is 6.42 Å². The summed E-state index contributed by atoms with van der Waals surface area (Å²) in [7, 11) is 2.19. The number of nitrogens with two attached hydrogens (primary N) is 1. The zero-order valence-electron chi connectivity index (χ0n) is 15.8. The van der Waals surface area contributed by atoms with E-state index < -0.39 is 0 Å². The first-order valence-electron chi connectivity index (χ1n) is 9.58. The van der Waals surface area contributed by atoms with E-state index in [9.17, 15) is 4.39 Å². The Kier molecular flexibility index (Phi) is 6.68. The number of halogens is 1. The van der Waals surface area contributed by atoms with E-state index in [1.54, 1.807) is 0 Å². The molecule has 26 heavy (non-hydrogen) atoms. The molecular formula is C19H31FN6. The van der Waals surface area contributed by atoms with Gasteiger partial charge in [-0.1, -0.05) is 0 Å². The standard InChI is InChI=1S/C19H31FN6/c1-23-8-2-9-24(12-11-23)10-7-22-19(21)26-15-13-25(14-16-26)18-5-3-17(20)4-6-18/h3-6H,2,7-16H2,1H3,(H2,21,22). The summed E-state index contributed by atoms with van der Waals surface area (Å²) in [6.07, 6.45) is 1.22. The van der Waals surface area contributed by atoms with Crippen LogP contribution in [0.15, 0.2) is 29.3 Å². The number of likely N-dealkylation sites (N-methyl/N-ethyl adjacent to an activating group) is 1. The van der Waals surface area contributed by atoms with Gasteiger partial charge in [0.15, 0.2) is 5.96 Å². The number of aliphatic imine (C=N–C) groups is 1. The van der Waals surface area contributed by atoms with Gasteiger partial charge in [-0.3, -0.25) is 4.99 Å². The summed E-state index contributed by atoms with van der Waals surface area (Å²) in [6, 6.07) is 6.69. The summed E-state index contributed by atoms with van der Waals surface area (Å²) in [5.41, 5.74) is 7.26. The molecule has 1 aromatic carbocycles. The van der Waals surface area contributed by atoms with Crippen molar-refractivity contribution < 1.29 is 4.39 Å². The molecule has 0 bridgehead atoms. The van der Waals surface area contributed by atoms with Crippen LogP contribution in [-0.4, -0.2) is 93.2 Å². The molecule has 0 saturated carbocycles. The van der Waals surface area contributed by atoms with E-state index >= 15 is 0 Å². The van der Waals surface area contributed by atoms with Crippen molar-refractivity contribution >= 4 is 11.6 Å². The van der Waals surface area contributed by atoms with E-state index in [2.05, 4.69) is 31.6 Å². The van der Waals surface area contributed by atoms with Crippen LogP contribution in [0.25, 0.3) is 0 Å². The molecule has 2 heterocycles. The Morgan fingerprint density at radius 2 is 1.73 bits per heavy atom. The third-order valence-corrected chi connectivity index (χ3v) is 5.30. The van der Waals surface area contributed by atoms with Crippen LogP contribution in [0.2, 0.25) is 0 Å². The molecule has 7 heteroatoms. The Balaban J connectivity index is 1.42. The first-order chi connectivity index (χ1) is 12.6. The van der Waals surface area contributed by atoms with Crippen molar-refractivity contribution in [3.8, 4) is 0 Å². The third-order valence-electron chi connectivity index (χ3n) is 5.30. The average Bonchev–Trinajstić information content (AvgIpc) is 2.87. The van der Waals surface area contributed by atoms with Crippen LogP contribution in [0.5, 0.6) is 0 Å². The molecule has 6 nitrogen and oxygen atoms in total. The van der Waals surface area contributed by atoms with E-state index in [0.717, 1.165) is 64.6 Å². The molecule has 2 aliphatic heterocycles. The highest BCUT2D eigenvalue weighted by Crippen LogP contribution is 2.16. The Hall–Kier alpha value is -1.86. The molecule has 0 atom stereocenters. The van der Waals surface area contributed by atoms with Crippen LogP contribution in [0.3, 0.4) is 0 Å². The van der Waals surface area contributed by atoms with E-state index in [1.807, 2.05) is 12.1 Å². The topological polar surface area (TPSA) is 51.3 Å². The molecule has 2 N–H and O–H groups in total. The summed E-state index contributed by atoms with van der Waals surface area (Å²) >= 11 is 0. The van der Waals surface area contributed by atoms with Gasteiger partial charge in [0.05, 0.1) is 6.54 Å². The number of rotatable bonds is 4. The second-order valence-electron chi connectivity index (χ2n) is 7.19. The van der Waals surface area contributed by atoms with Gasteiger partial charge in [-0.15, -0.1) is 0 Å². The summed E-state index contributed by atoms with van der Waals surface area (Å²) in [5.74, 6) is 0.454. The van der Waals surface area contributed by atoms with Gasteiger partial charge in [0.1, 0.15) is 5.82 Å². The number of benzene rings is 1. The highest BCUT2D eigenvalue weighted by Gasteiger charge is 2.18. The van der Waals surface area contributed by atoms with Crippen molar-refractivity contribution in [2.75, 3.05) is 77.4 Å². The quantitative estimate of drug-likeness (QED) is 0.637. The molecule has 1 aromatic rings. The maximum Gasteiger partial charge on any atom is 0.191 e. The molecule has 0 aliphatic carbocycles. The summed E-state index contributed by atoms with van der Waals surface area (Å²) < 4.78 is 13.1. The molecule has 2 saturated heterocycles. The highest BCUT2D eigenvalue weighted by atomic mass is 19.1. The number of piperazine rings is 1. The van der Waals surface area contributed by atoms with Crippen molar-refractivity contribution in [1.82, 2.24) is 14.7 Å². The number of nitrogens with zero attached hydrogens (tertiary/aromatic N) is 5. The van der Waals surface area contributed by atoms with Gasteiger partial charge in [0.25, 0.3) is 0 Å². The van der Waals surface area contributed by atoms with Crippen molar-refractivity contribution in [3.05, 3.63) is 30.1 Å². The highest BCUT2D eigenvalue weighted by molar-refractivity contribution is 5.78. The minimum absolute atomic E-state index is 0.195. The minimum Gasteiger partial charge on any atom is -0.370 e. The van der Waals surface area contributed by atoms with Crippen LogP contribution < -0.4 is 10.6 Å². The minimum atomic E-state index is -0.195. The first-order valence-corrected chi connectivity index (χ1v) is 9.58. The molecule has 2 fully saturated rings. The molecule has 144 valence electrons. The zero-order valence-corrected chi connectivity index (χ0v) is 15.8. The Morgan fingerprint density at radius 1 is 1.00 bits per heavy atom. The molecule has 0 unspecified atom stereocenters. The summed E-state index contributed by atoms with van der Waals surface area (Å²) in [4.78, 5) is 13.9. The second kappa shape index (κ2) is 9.19. The monoisotopic (exact) mass is 362 g/mol. The maximum absolute atomic E-state index is 13.1. The van der Waals surface area contributed by atoms with Crippen LogP contribution in [0, 0.1) is 5.82 Å². The van der Waals surface area contributed by atoms with E-state index in [0.29, 0.717) is 5.96 Å². The normalized spacial score (nSPS) is 21.1. The predicted octanol–water partition coefficient (Wildman–Crippen LogP) is 0.900. The van der Waals surface area contributed by atoms with Crippen LogP contribution in [-0.2, 0) is 0 Å². The smallest absolute Gasteiger partial charge is 0.191 e. The van der Waals surface area contributed by atoms with Crippen molar-refractivity contribution in [1.29, 1.82) is 0 Å². The Bertz CT molecular complexity index is 582. The van der Waals surface area contributed by atoms with Gasteiger partial charge in [-0.2, -0.15) is 0 Å². The summed E-state index contributed by atoms with van der Waals surface area (Å²) in [6.45, 7) is 9.75. The van der Waals surface area contributed by atoms with Gasteiger partial charge in [0, 0.05) is 51.5 Å². The fourth-order valence-corrected chi connectivity index (χ4v) is 3.58. The lowest BCUT2D eigenvalue weighted by Gasteiger charge is -2.36. The van der Waals surface area contributed by atoms with E-state index in [1.165, 1.54) is 25.1 Å². The van der Waals surface area contributed by atoms with Crippen molar-refractivity contribution in [2.24, 2.45) is 10.7 Å². The number of hydrogen-bond donors (Lipinski definition) is 1. The average molecular weight is 362 g/mol. The zero-order chi connectivity index (χ0) is 18.4. The van der Waals surface area contributed by atoms with Gasteiger partial charge >= 0.3 is 0 Å². The molecule has 2 aliphatic rings. The van der Waals surface area contributed by atoms with Gasteiger partial charge < -0.3 is 25.3 Å². The fraction of sp³-hybridized carbons (Fsp3) is 0.632. The number of guanidine groups is 1. The van der Waals surface area contributed by atoms with E-state index in [4.69, 9.17) is 5.73 Å². The van der Waals surface area contributed by atoms with Gasteiger partial charge in [-0.05, 0) is 50.8 Å². The molecule has 0 amide bonds. The Labute approximate surface area is 156 Å². The molecule has 3 rings (SSSR count).